The molecule has 0 aliphatic rings. The van der Waals surface area contributed by atoms with Gasteiger partial charge in [-0.3, -0.25) is 14.4 Å². The Hall–Kier alpha value is -5.23. The minimum Gasteiger partial charge on any atom is -0.462 e. The summed E-state index contributed by atoms with van der Waals surface area (Å²) in [5.41, 5.74) is 0. The van der Waals surface area contributed by atoms with E-state index < -0.39 is 6.10 Å². The van der Waals surface area contributed by atoms with Crippen LogP contribution >= 0.6 is 0 Å². The molecule has 0 N–H and O–H groups in total. The maximum atomic E-state index is 12.9. The summed E-state index contributed by atoms with van der Waals surface area (Å²) >= 11 is 0. The van der Waals surface area contributed by atoms with E-state index in [4.69, 9.17) is 14.2 Å². The Morgan fingerprint density at radius 3 is 0.762 bits per heavy atom. The zero-order chi connectivity index (χ0) is 57.8. The largest absolute Gasteiger partial charge is 0.462 e. The van der Waals surface area contributed by atoms with Crippen molar-refractivity contribution in [1.29, 1.82) is 0 Å². The maximum absolute atomic E-state index is 12.9. The van der Waals surface area contributed by atoms with E-state index in [-0.39, 0.29) is 31.1 Å². The molecular formula is C74H116O6. The van der Waals surface area contributed by atoms with Crippen molar-refractivity contribution in [3.8, 4) is 0 Å². The van der Waals surface area contributed by atoms with Crippen LogP contribution in [0.5, 0.6) is 0 Å². The van der Waals surface area contributed by atoms with E-state index in [0.29, 0.717) is 19.3 Å². The summed E-state index contributed by atoms with van der Waals surface area (Å²) < 4.78 is 16.8. The Bertz CT molecular complexity index is 1840. The fraction of sp³-hybridized carbons (Fsp3) is 0.581. The average molecular weight is 1100 g/mol. The van der Waals surface area contributed by atoms with Crippen molar-refractivity contribution in [3.63, 3.8) is 0 Å². The monoisotopic (exact) mass is 1100 g/mol. The molecule has 6 heteroatoms. The molecule has 0 aromatic carbocycles. The van der Waals surface area contributed by atoms with Crippen molar-refractivity contribution in [2.45, 2.75) is 264 Å². The van der Waals surface area contributed by atoms with Gasteiger partial charge in [-0.25, -0.2) is 0 Å². The van der Waals surface area contributed by atoms with Crippen LogP contribution in [0.25, 0.3) is 0 Å². The van der Waals surface area contributed by atoms with Crippen LogP contribution in [0.15, 0.2) is 170 Å². The van der Waals surface area contributed by atoms with Gasteiger partial charge in [0.05, 0.1) is 0 Å². The fourth-order valence-corrected chi connectivity index (χ4v) is 8.23. The second-order valence-electron chi connectivity index (χ2n) is 20.6. The lowest BCUT2D eigenvalue weighted by molar-refractivity contribution is -0.167. The molecule has 0 rings (SSSR count). The number of allylic oxidation sites excluding steroid dienone is 28. The van der Waals surface area contributed by atoms with Gasteiger partial charge in [0.2, 0.25) is 0 Å². The number of carbonyl (C=O) groups excluding carboxylic acids is 3. The quantitative estimate of drug-likeness (QED) is 0.0261. The molecule has 0 bridgehead atoms. The van der Waals surface area contributed by atoms with E-state index in [1.54, 1.807) is 0 Å². The molecule has 0 spiro atoms. The van der Waals surface area contributed by atoms with Crippen LogP contribution in [0.1, 0.15) is 258 Å². The standard InChI is InChI=1S/C74H116O6/c1-4-7-10-13-16-18-20-22-24-26-28-30-32-34-35-36-37-38-39-41-42-44-46-48-50-52-54-56-58-61-64-67-73(76)79-70-71(69-78-72(75)66-63-60-15-12-9-6-3)80-74(77)68-65-62-59-57-55-53-51-49-47-45-43-40-33-31-29-27-25-23-21-19-17-14-11-8-5-2/h7-8,10-11,16-19,22-25,28-31,34-35,37-38,40-43,46-49,71H,4-6,9,12-15,20-21,26-27,32-33,36,39,44-45,50-70H2,1-3H3/b10-7-,11-8-,18-16-,19-17-,24-22-,25-23-,30-28-,31-29-,35-34-,38-37-,42-41-,43-40-,48-46-,49-47-. The molecule has 0 aliphatic carbocycles. The van der Waals surface area contributed by atoms with Gasteiger partial charge in [-0.1, -0.05) is 274 Å². The smallest absolute Gasteiger partial charge is 0.306 e. The predicted octanol–water partition coefficient (Wildman–Crippen LogP) is 22.3. The number of carbonyl (C=O) groups is 3. The minimum absolute atomic E-state index is 0.0958. The summed E-state index contributed by atoms with van der Waals surface area (Å²) in [7, 11) is 0. The van der Waals surface area contributed by atoms with E-state index in [0.717, 1.165) is 173 Å². The summed E-state index contributed by atoms with van der Waals surface area (Å²) in [5.74, 6) is -0.942. The van der Waals surface area contributed by atoms with Crippen molar-refractivity contribution in [2.24, 2.45) is 0 Å². The highest BCUT2D eigenvalue weighted by Crippen LogP contribution is 2.14. The second-order valence-corrected chi connectivity index (χ2v) is 20.6. The molecule has 448 valence electrons. The van der Waals surface area contributed by atoms with Gasteiger partial charge in [0.15, 0.2) is 6.10 Å². The van der Waals surface area contributed by atoms with Crippen LogP contribution in [0.3, 0.4) is 0 Å². The first kappa shape index (κ1) is 74.8. The summed E-state index contributed by atoms with van der Waals surface area (Å²) in [6.07, 6.45) is 98.1. The van der Waals surface area contributed by atoms with Crippen molar-refractivity contribution in [1.82, 2.24) is 0 Å². The van der Waals surface area contributed by atoms with E-state index in [1.165, 1.54) is 44.9 Å². The van der Waals surface area contributed by atoms with E-state index in [2.05, 4.69) is 191 Å². The van der Waals surface area contributed by atoms with E-state index >= 15 is 0 Å². The van der Waals surface area contributed by atoms with E-state index in [1.807, 2.05) is 0 Å². The number of rotatable bonds is 56. The van der Waals surface area contributed by atoms with Crippen molar-refractivity contribution < 1.29 is 28.6 Å². The molecule has 0 aliphatic heterocycles. The van der Waals surface area contributed by atoms with Gasteiger partial charge in [0.25, 0.3) is 0 Å². The minimum atomic E-state index is -0.799. The zero-order valence-electron chi connectivity index (χ0n) is 51.3. The highest BCUT2D eigenvalue weighted by Gasteiger charge is 2.19. The van der Waals surface area contributed by atoms with Gasteiger partial charge in [-0.05, 0) is 135 Å². The molecule has 1 atom stereocenters. The third kappa shape index (κ3) is 63.6. The van der Waals surface area contributed by atoms with Gasteiger partial charge in [-0.2, -0.15) is 0 Å². The number of unbranched alkanes of at least 4 members (excludes halogenated alkanes) is 17. The molecule has 80 heavy (non-hydrogen) atoms. The van der Waals surface area contributed by atoms with Crippen LogP contribution in [0.2, 0.25) is 0 Å². The predicted molar refractivity (Wildman–Crippen MR) is 348 cm³/mol. The van der Waals surface area contributed by atoms with Crippen LogP contribution in [-0.4, -0.2) is 37.2 Å². The van der Waals surface area contributed by atoms with Gasteiger partial charge < -0.3 is 14.2 Å². The SMILES string of the molecule is CC/C=C\C/C=C\C/C=C\C/C=C\C/C=C\C/C=C\C/C=C\C/C=C\CCCCCCCCC(=O)OCC(COC(=O)CCCCCCCC)OC(=O)CCCCCCCC/C=C\C/C=C\C/C=C\C/C=C\C/C=C\C/C=C\CC. The lowest BCUT2D eigenvalue weighted by Crippen LogP contribution is -2.30. The Balaban J connectivity index is 4.22. The van der Waals surface area contributed by atoms with Gasteiger partial charge >= 0.3 is 17.9 Å². The third-order valence-electron chi connectivity index (χ3n) is 13.0. The summed E-state index contributed by atoms with van der Waals surface area (Å²) in [5, 5.41) is 0. The lowest BCUT2D eigenvalue weighted by atomic mass is 10.1. The molecule has 0 saturated carbocycles. The third-order valence-corrected chi connectivity index (χ3v) is 13.0. The molecule has 1 unspecified atom stereocenters. The van der Waals surface area contributed by atoms with Gasteiger partial charge in [0.1, 0.15) is 13.2 Å². The Kier molecular flexibility index (Phi) is 61.9. The molecule has 0 saturated heterocycles. The summed E-state index contributed by atoms with van der Waals surface area (Å²) in [6, 6.07) is 0. The first-order valence-electron chi connectivity index (χ1n) is 32.1. The van der Waals surface area contributed by atoms with Crippen LogP contribution < -0.4 is 0 Å². The fourth-order valence-electron chi connectivity index (χ4n) is 8.23. The summed E-state index contributed by atoms with van der Waals surface area (Å²) in [6.45, 7) is 6.32. The first-order valence-corrected chi connectivity index (χ1v) is 32.1. The normalized spacial score (nSPS) is 13.3. The molecule has 0 aromatic rings. The van der Waals surface area contributed by atoms with Gasteiger partial charge in [-0.15, -0.1) is 0 Å². The van der Waals surface area contributed by atoms with Crippen LogP contribution in [0.4, 0.5) is 0 Å². The molecule has 0 amide bonds. The molecule has 0 radical (unpaired) electrons. The number of hydrogen-bond acceptors (Lipinski definition) is 6. The van der Waals surface area contributed by atoms with Crippen molar-refractivity contribution in [2.75, 3.05) is 13.2 Å². The van der Waals surface area contributed by atoms with Crippen LogP contribution in [-0.2, 0) is 28.6 Å². The van der Waals surface area contributed by atoms with Gasteiger partial charge in [0, 0.05) is 19.3 Å². The Morgan fingerprint density at radius 2 is 0.487 bits per heavy atom. The molecule has 0 fully saturated rings. The molecular weight excluding hydrogens is 985 g/mol. The topological polar surface area (TPSA) is 78.9 Å². The highest BCUT2D eigenvalue weighted by atomic mass is 16.6. The second kappa shape index (κ2) is 66.3. The van der Waals surface area contributed by atoms with E-state index in [9.17, 15) is 14.4 Å². The lowest BCUT2D eigenvalue weighted by Gasteiger charge is -2.18. The molecule has 0 aromatic heterocycles. The molecule has 0 heterocycles. The Labute approximate surface area is 492 Å². The van der Waals surface area contributed by atoms with Crippen molar-refractivity contribution in [3.05, 3.63) is 170 Å². The highest BCUT2D eigenvalue weighted by molar-refractivity contribution is 5.71. The summed E-state index contributed by atoms with van der Waals surface area (Å²) in [4.78, 5) is 38.0. The van der Waals surface area contributed by atoms with Crippen LogP contribution in [0, 0.1) is 0 Å². The zero-order valence-corrected chi connectivity index (χ0v) is 51.3. The first-order chi connectivity index (χ1) is 39.5. The Morgan fingerprint density at radius 1 is 0.263 bits per heavy atom. The van der Waals surface area contributed by atoms with Crippen molar-refractivity contribution >= 4 is 17.9 Å². The molecule has 6 nitrogen and oxygen atoms in total. The number of esters is 3. The number of ether oxygens (including phenoxy) is 3. The average Bonchev–Trinajstić information content (AvgIpc) is 3.46. The number of hydrogen-bond donors (Lipinski definition) is 0. The maximum Gasteiger partial charge on any atom is 0.306 e.